The fourth-order valence-corrected chi connectivity index (χ4v) is 0.997. The second kappa shape index (κ2) is 4.37. The van der Waals surface area contributed by atoms with Gasteiger partial charge in [-0.2, -0.15) is 0 Å². The van der Waals surface area contributed by atoms with Gasteiger partial charge in [0.05, 0.1) is 25.1 Å². The molecule has 0 unspecified atom stereocenters. The Hall–Kier alpha value is -1.16. The lowest BCUT2D eigenvalue weighted by Crippen LogP contribution is -2.26. The molecule has 78 valence electrons. The van der Waals surface area contributed by atoms with Gasteiger partial charge < -0.3 is 4.74 Å². The molecule has 14 heavy (non-hydrogen) atoms. The van der Waals surface area contributed by atoms with Gasteiger partial charge in [0.2, 0.25) is 0 Å². The molecule has 0 saturated heterocycles. The van der Waals surface area contributed by atoms with Gasteiger partial charge in [-0.25, -0.2) is 4.98 Å². The quantitative estimate of drug-likeness (QED) is 0.726. The van der Waals surface area contributed by atoms with E-state index in [0.29, 0.717) is 13.2 Å². The highest BCUT2D eigenvalue weighted by atomic mass is 16.5. The highest BCUT2D eigenvalue weighted by molar-refractivity contribution is 4.81. The fraction of sp³-hybridized carbons (Fsp3) is 0.600. The molecule has 0 bridgehead atoms. The minimum Gasteiger partial charge on any atom is -0.374 e. The molecule has 1 rings (SSSR count). The van der Waals surface area contributed by atoms with Crippen LogP contribution < -0.4 is 5.56 Å². The van der Waals surface area contributed by atoms with E-state index in [-0.39, 0.29) is 11.2 Å². The first-order chi connectivity index (χ1) is 6.49. The lowest BCUT2D eigenvalue weighted by Gasteiger charge is -2.19. The van der Waals surface area contributed by atoms with E-state index in [2.05, 4.69) is 4.98 Å². The van der Waals surface area contributed by atoms with Gasteiger partial charge >= 0.3 is 0 Å². The second-order valence-corrected chi connectivity index (χ2v) is 4.07. The number of hydrogen-bond donors (Lipinski definition) is 0. The fourth-order valence-electron chi connectivity index (χ4n) is 0.997. The summed E-state index contributed by atoms with van der Waals surface area (Å²) >= 11 is 0. The Labute approximate surface area is 83.5 Å². The van der Waals surface area contributed by atoms with E-state index in [1.807, 2.05) is 20.8 Å². The van der Waals surface area contributed by atoms with E-state index in [1.54, 1.807) is 0 Å². The minimum absolute atomic E-state index is 0.0440. The van der Waals surface area contributed by atoms with Crippen molar-refractivity contribution in [2.75, 3.05) is 6.61 Å². The average molecular weight is 196 g/mol. The van der Waals surface area contributed by atoms with Crippen LogP contribution in [0.3, 0.4) is 0 Å². The minimum atomic E-state index is -0.161. The molecular formula is C10H16N2O2. The van der Waals surface area contributed by atoms with E-state index in [1.165, 1.54) is 23.2 Å². The predicted molar refractivity (Wildman–Crippen MR) is 54.2 cm³/mol. The molecule has 0 radical (unpaired) electrons. The van der Waals surface area contributed by atoms with Crippen LogP contribution in [0.1, 0.15) is 20.8 Å². The molecule has 0 amide bonds. The lowest BCUT2D eigenvalue weighted by atomic mass is 10.2. The standard InChI is InChI=1S/C10H16N2O2/c1-10(2,3)14-7-6-12-8-11-5-4-9(12)13/h4-5,8H,6-7H2,1-3H3. The molecule has 0 N–H and O–H groups in total. The van der Waals surface area contributed by atoms with Gasteiger partial charge in [-0.15, -0.1) is 0 Å². The first kappa shape index (κ1) is 10.9. The summed E-state index contributed by atoms with van der Waals surface area (Å²) in [5.74, 6) is 0. The molecule has 1 aromatic rings. The van der Waals surface area contributed by atoms with Crippen molar-refractivity contribution in [3.8, 4) is 0 Å². The van der Waals surface area contributed by atoms with Crippen LogP contribution >= 0.6 is 0 Å². The summed E-state index contributed by atoms with van der Waals surface area (Å²) in [6.07, 6.45) is 3.01. The van der Waals surface area contributed by atoms with Crippen LogP contribution in [0, 0.1) is 0 Å². The molecule has 0 aliphatic heterocycles. The SMILES string of the molecule is CC(C)(C)OCCn1cnccc1=O. The summed E-state index contributed by atoms with van der Waals surface area (Å²) < 4.78 is 7.03. The van der Waals surface area contributed by atoms with E-state index in [0.717, 1.165) is 0 Å². The molecule has 0 spiro atoms. The molecule has 4 heteroatoms. The molecule has 1 aromatic heterocycles. The van der Waals surface area contributed by atoms with Crippen LogP contribution in [-0.4, -0.2) is 21.8 Å². The Balaban J connectivity index is 2.47. The third-order valence-corrected chi connectivity index (χ3v) is 1.66. The Morgan fingerprint density at radius 1 is 1.50 bits per heavy atom. The highest BCUT2D eigenvalue weighted by Gasteiger charge is 2.09. The maximum Gasteiger partial charge on any atom is 0.253 e. The zero-order chi connectivity index (χ0) is 10.6. The lowest BCUT2D eigenvalue weighted by molar-refractivity contribution is -0.00722. The van der Waals surface area contributed by atoms with Crippen molar-refractivity contribution in [2.24, 2.45) is 0 Å². The summed E-state index contributed by atoms with van der Waals surface area (Å²) in [5, 5.41) is 0. The molecular weight excluding hydrogens is 180 g/mol. The summed E-state index contributed by atoms with van der Waals surface area (Å²) in [4.78, 5) is 15.1. The Morgan fingerprint density at radius 3 is 2.79 bits per heavy atom. The molecule has 0 atom stereocenters. The normalized spacial score (nSPS) is 11.6. The van der Waals surface area contributed by atoms with Crippen LogP contribution in [0.4, 0.5) is 0 Å². The molecule has 0 aliphatic carbocycles. The van der Waals surface area contributed by atoms with Crippen molar-refractivity contribution in [1.29, 1.82) is 0 Å². The van der Waals surface area contributed by atoms with Gasteiger partial charge in [-0.1, -0.05) is 0 Å². The molecule has 0 aromatic carbocycles. The number of hydrogen-bond acceptors (Lipinski definition) is 3. The highest BCUT2D eigenvalue weighted by Crippen LogP contribution is 2.05. The van der Waals surface area contributed by atoms with Gasteiger partial charge in [0.1, 0.15) is 0 Å². The number of aromatic nitrogens is 2. The van der Waals surface area contributed by atoms with E-state index >= 15 is 0 Å². The van der Waals surface area contributed by atoms with Crippen molar-refractivity contribution < 1.29 is 4.74 Å². The van der Waals surface area contributed by atoms with Crippen molar-refractivity contribution >= 4 is 0 Å². The topological polar surface area (TPSA) is 44.1 Å². The molecule has 1 heterocycles. The largest absolute Gasteiger partial charge is 0.374 e. The third-order valence-electron chi connectivity index (χ3n) is 1.66. The van der Waals surface area contributed by atoms with Crippen molar-refractivity contribution in [2.45, 2.75) is 32.9 Å². The van der Waals surface area contributed by atoms with Crippen molar-refractivity contribution in [1.82, 2.24) is 9.55 Å². The van der Waals surface area contributed by atoms with Gasteiger partial charge in [0, 0.05) is 12.3 Å². The summed E-state index contributed by atoms with van der Waals surface area (Å²) in [5.41, 5.74) is -0.205. The first-order valence-corrected chi connectivity index (χ1v) is 4.63. The summed E-state index contributed by atoms with van der Waals surface area (Å²) in [7, 11) is 0. The molecule has 4 nitrogen and oxygen atoms in total. The van der Waals surface area contributed by atoms with Gasteiger partial charge in [0.15, 0.2) is 0 Å². The average Bonchev–Trinajstić information content (AvgIpc) is 2.06. The molecule has 0 fully saturated rings. The van der Waals surface area contributed by atoms with Gasteiger partial charge in [0.25, 0.3) is 5.56 Å². The first-order valence-electron chi connectivity index (χ1n) is 4.63. The third kappa shape index (κ3) is 3.70. The smallest absolute Gasteiger partial charge is 0.253 e. The zero-order valence-corrected chi connectivity index (χ0v) is 8.86. The Morgan fingerprint density at radius 2 is 2.21 bits per heavy atom. The Bertz CT molecular complexity index is 338. The number of rotatable bonds is 3. The van der Waals surface area contributed by atoms with Gasteiger partial charge in [-0.05, 0) is 20.8 Å². The van der Waals surface area contributed by atoms with Crippen LogP contribution in [0.25, 0.3) is 0 Å². The predicted octanol–water partition coefficient (Wildman–Crippen LogP) is 1.06. The van der Waals surface area contributed by atoms with Crippen LogP contribution in [0.2, 0.25) is 0 Å². The Kier molecular flexibility index (Phi) is 3.41. The van der Waals surface area contributed by atoms with E-state index in [4.69, 9.17) is 4.74 Å². The molecule has 0 aliphatic rings. The number of ether oxygens (including phenoxy) is 1. The van der Waals surface area contributed by atoms with E-state index in [9.17, 15) is 4.79 Å². The van der Waals surface area contributed by atoms with E-state index < -0.39 is 0 Å². The van der Waals surface area contributed by atoms with Crippen LogP contribution in [0.5, 0.6) is 0 Å². The second-order valence-electron chi connectivity index (χ2n) is 4.07. The maximum absolute atomic E-state index is 11.2. The van der Waals surface area contributed by atoms with Crippen molar-refractivity contribution in [3.05, 3.63) is 28.9 Å². The molecule has 0 saturated carbocycles. The monoisotopic (exact) mass is 196 g/mol. The van der Waals surface area contributed by atoms with Crippen LogP contribution in [0.15, 0.2) is 23.4 Å². The maximum atomic E-state index is 11.2. The van der Waals surface area contributed by atoms with Crippen LogP contribution in [-0.2, 0) is 11.3 Å². The van der Waals surface area contributed by atoms with Crippen molar-refractivity contribution in [3.63, 3.8) is 0 Å². The van der Waals surface area contributed by atoms with Gasteiger partial charge in [-0.3, -0.25) is 9.36 Å². The number of nitrogens with zero attached hydrogens (tertiary/aromatic N) is 2. The summed E-state index contributed by atoms with van der Waals surface area (Å²) in [6, 6.07) is 1.44. The summed E-state index contributed by atoms with van der Waals surface area (Å²) in [6.45, 7) is 7.02. The zero-order valence-electron chi connectivity index (χ0n) is 8.86.